The van der Waals surface area contributed by atoms with Gasteiger partial charge in [-0.3, -0.25) is 4.57 Å². The number of aromatic nitrogens is 4. The molecule has 6 nitrogen and oxygen atoms in total. The topological polar surface area (TPSA) is 64.9 Å². The number of nitrogens with zero attached hydrogens (tertiary/aromatic N) is 4. The third-order valence-corrected chi connectivity index (χ3v) is 3.80. The van der Waals surface area contributed by atoms with Gasteiger partial charge in [0.2, 0.25) is 5.13 Å². The van der Waals surface area contributed by atoms with Gasteiger partial charge in [0.1, 0.15) is 11.3 Å². The van der Waals surface area contributed by atoms with Crippen LogP contribution in [0.4, 0.5) is 0 Å². The number of fused-ring (bicyclic) bond motifs is 1. The Labute approximate surface area is 120 Å². The molecule has 3 aromatic rings. The van der Waals surface area contributed by atoms with Gasteiger partial charge >= 0.3 is 0 Å². The van der Waals surface area contributed by atoms with Gasteiger partial charge in [0, 0.05) is 20.2 Å². The molecule has 0 saturated heterocycles. The average molecular weight is 289 g/mol. The van der Waals surface area contributed by atoms with Crippen LogP contribution in [0.5, 0.6) is 0 Å². The van der Waals surface area contributed by atoms with Crippen LogP contribution in [0.3, 0.4) is 0 Å². The highest BCUT2D eigenvalue weighted by molar-refractivity contribution is 7.13. The van der Waals surface area contributed by atoms with E-state index in [1.165, 1.54) is 0 Å². The fourth-order valence-electron chi connectivity index (χ4n) is 1.89. The Bertz CT molecular complexity index is 693. The minimum absolute atomic E-state index is 0.692. The summed E-state index contributed by atoms with van der Waals surface area (Å²) in [5.41, 5.74) is 2.00. The van der Waals surface area contributed by atoms with Gasteiger partial charge in [0.05, 0.1) is 17.6 Å². The lowest BCUT2D eigenvalue weighted by Crippen LogP contribution is -2.18. The van der Waals surface area contributed by atoms with Crippen LogP contribution in [-0.2, 0) is 11.3 Å². The summed E-state index contributed by atoms with van der Waals surface area (Å²) in [5.74, 6) is 0. The summed E-state index contributed by atoms with van der Waals surface area (Å²) < 4.78 is 6.95. The van der Waals surface area contributed by atoms with Crippen molar-refractivity contribution >= 4 is 22.4 Å². The Kier molecular flexibility index (Phi) is 4.00. The highest BCUT2D eigenvalue weighted by atomic mass is 32.1. The Morgan fingerprint density at radius 2 is 2.20 bits per heavy atom. The van der Waals surface area contributed by atoms with Crippen LogP contribution in [0.25, 0.3) is 16.2 Å². The van der Waals surface area contributed by atoms with E-state index in [4.69, 9.17) is 4.74 Å². The van der Waals surface area contributed by atoms with Gasteiger partial charge < -0.3 is 10.1 Å². The van der Waals surface area contributed by atoms with Crippen LogP contribution in [-0.4, -0.2) is 40.0 Å². The molecule has 0 fully saturated rings. The smallest absolute Gasteiger partial charge is 0.218 e. The predicted octanol–water partition coefficient (Wildman–Crippen LogP) is 1.61. The first-order valence-corrected chi connectivity index (χ1v) is 7.14. The summed E-state index contributed by atoms with van der Waals surface area (Å²) >= 11 is 1.56. The second-order valence-electron chi connectivity index (χ2n) is 4.25. The highest BCUT2D eigenvalue weighted by Crippen LogP contribution is 2.20. The Morgan fingerprint density at radius 1 is 1.30 bits per heavy atom. The minimum atomic E-state index is 0.692. The number of hydrogen-bond acceptors (Lipinski definition) is 6. The molecule has 0 amide bonds. The van der Waals surface area contributed by atoms with Crippen LogP contribution in [0.1, 0.15) is 5.01 Å². The van der Waals surface area contributed by atoms with E-state index in [0.717, 1.165) is 27.7 Å². The molecule has 20 heavy (non-hydrogen) atoms. The molecule has 0 aliphatic carbocycles. The third-order valence-electron chi connectivity index (χ3n) is 2.88. The van der Waals surface area contributed by atoms with Crippen LogP contribution in [0, 0.1) is 0 Å². The van der Waals surface area contributed by atoms with Gasteiger partial charge in [0.25, 0.3) is 0 Å². The SMILES string of the molecule is COCCNCc1nnc(-n2cnc3ccccc32)s1. The van der Waals surface area contributed by atoms with Crippen LogP contribution < -0.4 is 5.32 Å². The zero-order valence-electron chi connectivity index (χ0n) is 11.1. The van der Waals surface area contributed by atoms with E-state index in [9.17, 15) is 0 Å². The lowest BCUT2D eigenvalue weighted by molar-refractivity contribution is 0.199. The highest BCUT2D eigenvalue weighted by Gasteiger charge is 2.09. The van der Waals surface area contributed by atoms with Crippen molar-refractivity contribution < 1.29 is 4.74 Å². The number of nitrogens with one attached hydrogen (secondary N) is 1. The van der Waals surface area contributed by atoms with E-state index >= 15 is 0 Å². The zero-order chi connectivity index (χ0) is 13.8. The molecule has 2 heterocycles. The van der Waals surface area contributed by atoms with E-state index in [2.05, 4.69) is 20.5 Å². The number of methoxy groups -OCH3 is 1. The number of hydrogen-bond donors (Lipinski definition) is 1. The van der Waals surface area contributed by atoms with Gasteiger partial charge in [-0.15, -0.1) is 10.2 Å². The standard InChI is InChI=1S/C13H15N5OS/c1-19-7-6-14-8-12-16-17-13(20-12)18-9-15-10-4-2-3-5-11(10)18/h2-5,9,14H,6-8H2,1H3. The van der Waals surface area contributed by atoms with Crippen molar-refractivity contribution in [1.29, 1.82) is 0 Å². The van der Waals surface area contributed by atoms with Crippen molar-refractivity contribution in [1.82, 2.24) is 25.1 Å². The van der Waals surface area contributed by atoms with E-state index in [1.54, 1.807) is 24.8 Å². The molecular formula is C13H15N5OS. The average Bonchev–Trinajstić information content (AvgIpc) is 3.10. The van der Waals surface area contributed by atoms with Crippen molar-refractivity contribution in [3.8, 4) is 5.13 Å². The number of rotatable bonds is 6. The van der Waals surface area contributed by atoms with Crippen molar-refractivity contribution in [3.05, 3.63) is 35.6 Å². The Balaban J connectivity index is 1.76. The molecule has 0 radical (unpaired) electrons. The van der Waals surface area contributed by atoms with Gasteiger partial charge in [-0.2, -0.15) is 0 Å². The molecule has 7 heteroatoms. The number of ether oxygens (including phenoxy) is 1. The second kappa shape index (κ2) is 6.08. The van der Waals surface area contributed by atoms with Crippen LogP contribution in [0.2, 0.25) is 0 Å². The summed E-state index contributed by atoms with van der Waals surface area (Å²) in [6.45, 7) is 2.20. The largest absolute Gasteiger partial charge is 0.383 e. The molecule has 0 bridgehead atoms. The second-order valence-corrected chi connectivity index (χ2v) is 5.29. The molecule has 3 rings (SSSR count). The lowest BCUT2D eigenvalue weighted by Gasteiger charge is -1.99. The van der Waals surface area contributed by atoms with E-state index in [1.807, 2.05) is 28.8 Å². The summed E-state index contributed by atoms with van der Waals surface area (Å²) in [6.07, 6.45) is 1.79. The quantitative estimate of drug-likeness (QED) is 0.698. The maximum Gasteiger partial charge on any atom is 0.218 e. The summed E-state index contributed by atoms with van der Waals surface area (Å²) in [6, 6.07) is 7.99. The molecule has 104 valence electrons. The maximum absolute atomic E-state index is 4.98. The molecule has 0 unspecified atom stereocenters. The first-order valence-electron chi connectivity index (χ1n) is 6.33. The van der Waals surface area contributed by atoms with E-state index in [-0.39, 0.29) is 0 Å². The molecule has 0 spiro atoms. The van der Waals surface area contributed by atoms with Crippen molar-refractivity contribution in [2.75, 3.05) is 20.3 Å². The lowest BCUT2D eigenvalue weighted by atomic mass is 10.3. The molecule has 2 aromatic heterocycles. The first-order chi connectivity index (χ1) is 9.88. The monoisotopic (exact) mass is 289 g/mol. The van der Waals surface area contributed by atoms with Gasteiger partial charge in [-0.1, -0.05) is 23.5 Å². The number of imidazole rings is 1. The van der Waals surface area contributed by atoms with Crippen molar-refractivity contribution in [3.63, 3.8) is 0 Å². The fourth-order valence-corrected chi connectivity index (χ4v) is 2.69. The number of para-hydroxylation sites is 2. The van der Waals surface area contributed by atoms with Crippen molar-refractivity contribution in [2.24, 2.45) is 0 Å². The maximum atomic E-state index is 4.98. The van der Waals surface area contributed by atoms with Crippen molar-refractivity contribution in [2.45, 2.75) is 6.54 Å². The molecule has 0 aliphatic rings. The summed E-state index contributed by atoms with van der Waals surface area (Å²) in [5, 5.41) is 13.5. The normalized spacial score (nSPS) is 11.2. The zero-order valence-corrected chi connectivity index (χ0v) is 11.9. The fraction of sp³-hybridized carbons (Fsp3) is 0.308. The molecule has 1 N–H and O–H groups in total. The van der Waals surface area contributed by atoms with Gasteiger partial charge in [0.15, 0.2) is 0 Å². The third kappa shape index (κ3) is 2.69. The van der Waals surface area contributed by atoms with Gasteiger partial charge in [-0.05, 0) is 12.1 Å². The minimum Gasteiger partial charge on any atom is -0.383 e. The molecular weight excluding hydrogens is 274 g/mol. The van der Waals surface area contributed by atoms with Crippen LogP contribution in [0.15, 0.2) is 30.6 Å². The Hall–Kier alpha value is -1.83. The summed E-state index contributed by atoms with van der Waals surface area (Å²) in [4.78, 5) is 4.36. The molecule has 1 aromatic carbocycles. The van der Waals surface area contributed by atoms with Crippen LogP contribution >= 0.6 is 11.3 Å². The van der Waals surface area contributed by atoms with E-state index < -0.39 is 0 Å². The predicted molar refractivity (Wildman–Crippen MR) is 78.1 cm³/mol. The Morgan fingerprint density at radius 3 is 3.10 bits per heavy atom. The molecule has 0 saturated carbocycles. The van der Waals surface area contributed by atoms with E-state index in [0.29, 0.717) is 13.2 Å². The molecule has 0 aliphatic heterocycles. The molecule has 0 atom stereocenters. The first kappa shape index (κ1) is 13.2. The summed E-state index contributed by atoms with van der Waals surface area (Å²) in [7, 11) is 1.69. The number of benzene rings is 1. The van der Waals surface area contributed by atoms with Gasteiger partial charge in [-0.25, -0.2) is 4.98 Å².